The van der Waals surface area contributed by atoms with Crippen LogP contribution in [0, 0.1) is 0 Å². The van der Waals surface area contributed by atoms with Gasteiger partial charge in [-0.3, -0.25) is 14.2 Å². The minimum atomic E-state index is -0.216. The third-order valence-corrected chi connectivity index (χ3v) is 7.61. The molecule has 0 spiro atoms. The first-order valence-electron chi connectivity index (χ1n) is 9.62. The van der Waals surface area contributed by atoms with Crippen molar-refractivity contribution < 1.29 is 4.79 Å². The molecule has 31 heavy (non-hydrogen) atoms. The summed E-state index contributed by atoms with van der Waals surface area (Å²) in [6.07, 6.45) is 0.754. The molecule has 5 nitrogen and oxygen atoms in total. The maximum atomic E-state index is 13.2. The highest BCUT2D eigenvalue weighted by Gasteiger charge is 2.26. The predicted molar refractivity (Wildman–Crippen MR) is 129 cm³/mol. The Hall–Kier alpha value is -1.93. The average molecular weight is 492 g/mol. The Balaban J connectivity index is 1.56. The second kappa shape index (κ2) is 9.69. The normalized spacial score (nSPS) is 15.0. The fourth-order valence-corrected chi connectivity index (χ4v) is 5.48. The van der Waals surface area contributed by atoms with Crippen molar-refractivity contribution in [2.75, 3.05) is 11.1 Å². The van der Waals surface area contributed by atoms with Crippen molar-refractivity contribution >= 4 is 58.3 Å². The molecule has 1 atom stereocenters. The average Bonchev–Trinajstić information content (AvgIpc) is 3.13. The minimum absolute atomic E-state index is 0.0457. The van der Waals surface area contributed by atoms with Crippen LogP contribution in [-0.4, -0.2) is 26.5 Å². The highest BCUT2D eigenvalue weighted by Crippen LogP contribution is 2.34. The topological polar surface area (TPSA) is 64.0 Å². The molecule has 0 aliphatic carbocycles. The number of aromatic nitrogens is 2. The van der Waals surface area contributed by atoms with E-state index in [0.29, 0.717) is 37.6 Å². The van der Waals surface area contributed by atoms with E-state index in [0.717, 1.165) is 17.7 Å². The van der Waals surface area contributed by atoms with E-state index < -0.39 is 0 Å². The van der Waals surface area contributed by atoms with Crippen molar-refractivity contribution in [2.24, 2.45) is 0 Å². The largest absolute Gasteiger partial charge is 0.325 e. The molecule has 1 amide bonds. The molecule has 3 aromatic rings. The molecule has 0 saturated carbocycles. The fraction of sp³-hybridized carbons (Fsp3) is 0.227. The molecule has 9 heteroatoms. The van der Waals surface area contributed by atoms with Gasteiger partial charge in [-0.2, -0.15) is 0 Å². The molecule has 0 fully saturated rings. The number of rotatable bonds is 6. The van der Waals surface area contributed by atoms with Crippen molar-refractivity contribution in [1.29, 1.82) is 0 Å². The standard InChI is InChI=1S/C22H19Cl2N3O2S2/c1-13-9-18-20(31-13)21(29)27(11-14-5-3-2-4-6-14)22(26-18)30-12-19(28)25-15-7-8-16(23)17(24)10-15/h2-8,10,13H,9,11-12H2,1H3,(H,25,28)/t13-/m1/s1. The lowest BCUT2D eigenvalue weighted by Crippen LogP contribution is -2.26. The summed E-state index contributed by atoms with van der Waals surface area (Å²) in [5.41, 5.74) is 2.34. The molecule has 1 aliphatic heterocycles. The van der Waals surface area contributed by atoms with Gasteiger partial charge in [-0.1, -0.05) is 72.2 Å². The number of amides is 1. The van der Waals surface area contributed by atoms with Crippen LogP contribution in [0.5, 0.6) is 0 Å². The second-order valence-electron chi connectivity index (χ2n) is 7.15. The van der Waals surface area contributed by atoms with Gasteiger partial charge in [0.25, 0.3) is 5.56 Å². The number of carbonyl (C=O) groups is 1. The highest BCUT2D eigenvalue weighted by molar-refractivity contribution is 8.00. The van der Waals surface area contributed by atoms with Crippen LogP contribution in [0.3, 0.4) is 0 Å². The van der Waals surface area contributed by atoms with Crippen LogP contribution in [0.2, 0.25) is 10.0 Å². The summed E-state index contributed by atoms with van der Waals surface area (Å²) in [5, 5.41) is 4.46. The molecule has 1 N–H and O–H groups in total. The van der Waals surface area contributed by atoms with Gasteiger partial charge in [-0.25, -0.2) is 4.98 Å². The summed E-state index contributed by atoms with van der Waals surface area (Å²) in [6.45, 7) is 2.50. The van der Waals surface area contributed by atoms with Crippen LogP contribution in [0.25, 0.3) is 0 Å². The van der Waals surface area contributed by atoms with Gasteiger partial charge in [0, 0.05) is 17.4 Å². The molecule has 4 rings (SSSR count). The lowest BCUT2D eigenvalue weighted by atomic mass is 10.2. The maximum Gasteiger partial charge on any atom is 0.268 e. The molecule has 0 saturated heterocycles. The zero-order chi connectivity index (χ0) is 22.0. The monoisotopic (exact) mass is 491 g/mol. The Morgan fingerprint density at radius 2 is 2.00 bits per heavy atom. The van der Waals surface area contributed by atoms with Gasteiger partial charge in [0.15, 0.2) is 5.16 Å². The molecule has 1 aromatic heterocycles. The van der Waals surface area contributed by atoms with Crippen molar-refractivity contribution in [3.05, 3.63) is 80.2 Å². The van der Waals surface area contributed by atoms with Crippen LogP contribution in [-0.2, 0) is 17.8 Å². The first kappa shape index (κ1) is 22.3. The Morgan fingerprint density at radius 3 is 2.74 bits per heavy atom. The molecule has 0 bridgehead atoms. The molecule has 0 unspecified atom stereocenters. The van der Waals surface area contributed by atoms with Crippen molar-refractivity contribution in [2.45, 2.75) is 35.2 Å². The van der Waals surface area contributed by atoms with E-state index in [9.17, 15) is 9.59 Å². The highest BCUT2D eigenvalue weighted by atomic mass is 35.5. The van der Waals surface area contributed by atoms with Crippen molar-refractivity contribution in [3.63, 3.8) is 0 Å². The zero-order valence-electron chi connectivity index (χ0n) is 16.6. The molecule has 2 heterocycles. The van der Waals surface area contributed by atoms with Crippen LogP contribution < -0.4 is 10.9 Å². The number of halogens is 2. The Labute approximate surface area is 198 Å². The van der Waals surface area contributed by atoms with Crippen LogP contribution >= 0.6 is 46.7 Å². The first-order chi connectivity index (χ1) is 14.9. The summed E-state index contributed by atoms with van der Waals surface area (Å²) >= 11 is 14.8. The summed E-state index contributed by atoms with van der Waals surface area (Å²) in [6, 6.07) is 14.7. The van der Waals surface area contributed by atoms with Crippen LogP contribution in [0.4, 0.5) is 5.69 Å². The number of anilines is 1. The summed E-state index contributed by atoms with van der Waals surface area (Å²) in [4.78, 5) is 31.2. The third-order valence-electron chi connectivity index (χ3n) is 4.68. The van der Waals surface area contributed by atoms with Gasteiger partial charge in [0.05, 0.1) is 32.9 Å². The van der Waals surface area contributed by atoms with Gasteiger partial charge in [-0.15, -0.1) is 11.8 Å². The van der Waals surface area contributed by atoms with Crippen molar-refractivity contribution in [3.8, 4) is 0 Å². The lowest BCUT2D eigenvalue weighted by Gasteiger charge is -2.14. The number of fused-ring (bicyclic) bond motifs is 1. The fourth-order valence-electron chi connectivity index (χ4n) is 3.25. The number of nitrogens with zero attached hydrogens (tertiary/aromatic N) is 2. The smallest absolute Gasteiger partial charge is 0.268 e. The van der Waals surface area contributed by atoms with E-state index in [4.69, 9.17) is 28.2 Å². The number of benzene rings is 2. The zero-order valence-corrected chi connectivity index (χ0v) is 19.7. The van der Waals surface area contributed by atoms with Gasteiger partial charge < -0.3 is 5.32 Å². The van der Waals surface area contributed by atoms with Crippen LogP contribution in [0.1, 0.15) is 18.2 Å². The van der Waals surface area contributed by atoms with E-state index >= 15 is 0 Å². The van der Waals surface area contributed by atoms with Gasteiger partial charge >= 0.3 is 0 Å². The number of thioether (sulfide) groups is 2. The van der Waals surface area contributed by atoms with E-state index in [2.05, 4.69) is 12.2 Å². The summed E-state index contributed by atoms with van der Waals surface area (Å²) in [5.74, 6) is -0.102. The van der Waals surface area contributed by atoms with Crippen molar-refractivity contribution in [1.82, 2.24) is 9.55 Å². The minimum Gasteiger partial charge on any atom is -0.325 e. The van der Waals surface area contributed by atoms with E-state index in [1.54, 1.807) is 34.5 Å². The van der Waals surface area contributed by atoms with E-state index in [1.807, 2.05) is 30.3 Å². The van der Waals surface area contributed by atoms with Gasteiger partial charge in [0.2, 0.25) is 5.91 Å². The van der Waals surface area contributed by atoms with Crippen LogP contribution in [0.15, 0.2) is 63.4 Å². The SMILES string of the molecule is C[C@@H]1Cc2nc(SCC(=O)Nc3ccc(Cl)c(Cl)c3)n(Cc3ccccc3)c(=O)c2S1. The number of carbonyl (C=O) groups excluding carboxylic acids is 1. The summed E-state index contributed by atoms with van der Waals surface area (Å²) < 4.78 is 1.66. The first-order valence-corrected chi connectivity index (χ1v) is 12.2. The lowest BCUT2D eigenvalue weighted by molar-refractivity contribution is -0.113. The molecule has 0 radical (unpaired) electrons. The summed E-state index contributed by atoms with van der Waals surface area (Å²) in [7, 11) is 0. The van der Waals surface area contributed by atoms with Gasteiger partial charge in [0.1, 0.15) is 0 Å². The number of hydrogen-bond donors (Lipinski definition) is 1. The number of nitrogens with one attached hydrogen (secondary N) is 1. The third kappa shape index (κ3) is 5.29. The quantitative estimate of drug-likeness (QED) is 0.371. The Kier molecular flexibility index (Phi) is 6.96. The molecular formula is C22H19Cl2N3O2S2. The maximum absolute atomic E-state index is 13.2. The Morgan fingerprint density at radius 1 is 1.23 bits per heavy atom. The second-order valence-corrected chi connectivity index (χ2v) is 10.4. The molecule has 2 aromatic carbocycles. The predicted octanol–water partition coefficient (Wildman–Crippen LogP) is 5.37. The van der Waals surface area contributed by atoms with E-state index in [-0.39, 0.29) is 17.2 Å². The number of hydrogen-bond acceptors (Lipinski definition) is 5. The van der Waals surface area contributed by atoms with Gasteiger partial charge in [-0.05, 0) is 23.8 Å². The molecule has 1 aliphatic rings. The Bertz CT molecular complexity index is 1190. The molecular weight excluding hydrogens is 473 g/mol. The molecule has 160 valence electrons. The van der Waals surface area contributed by atoms with E-state index in [1.165, 1.54) is 11.8 Å².